The van der Waals surface area contributed by atoms with E-state index in [1.807, 2.05) is 47.4 Å². The number of aryl methyl sites for hydroxylation is 1. The first kappa shape index (κ1) is 16.7. The highest BCUT2D eigenvalue weighted by Gasteiger charge is 2.21. The van der Waals surface area contributed by atoms with E-state index in [-0.39, 0.29) is 6.03 Å². The number of halogens is 1. The van der Waals surface area contributed by atoms with Crippen LogP contribution in [0.15, 0.2) is 48.5 Å². The van der Waals surface area contributed by atoms with Crippen LogP contribution in [0.3, 0.4) is 0 Å². The number of hydrogen-bond acceptors (Lipinski definition) is 2. The van der Waals surface area contributed by atoms with Crippen LogP contribution >= 0.6 is 11.6 Å². The maximum atomic E-state index is 12.5. The second-order valence-electron chi connectivity index (χ2n) is 5.89. The molecule has 2 aromatic rings. The largest absolute Gasteiger partial charge is 0.368 e. The molecule has 1 fully saturated rings. The number of para-hydroxylation sites is 1. The zero-order chi connectivity index (χ0) is 16.9. The number of rotatable bonds is 3. The van der Waals surface area contributed by atoms with Crippen LogP contribution in [0.25, 0.3) is 0 Å². The summed E-state index contributed by atoms with van der Waals surface area (Å²) in [5.74, 6) is 0. The normalized spacial score (nSPS) is 14.6. The van der Waals surface area contributed by atoms with Gasteiger partial charge < -0.3 is 15.1 Å². The number of hydrogen-bond donors (Lipinski definition) is 1. The number of benzene rings is 2. The van der Waals surface area contributed by atoms with Crippen molar-refractivity contribution in [2.75, 3.05) is 36.4 Å². The lowest BCUT2D eigenvalue weighted by molar-refractivity contribution is 0.208. The van der Waals surface area contributed by atoms with Crippen molar-refractivity contribution in [1.82, 2.24) is 4.90 Å². The molecule has 0 saturated carbocycles. The number of amides is 2. The summed E-state index contributed by atoms with van der Waals surface area (Å²) in [5.41, 5.74) is 3.17. The Morgan fingerprint density at radius 1 is 1.08 bits per heavy atom. The Labute approximate surface area is 148 Å². The van der Waals surface area contributed by atoms with Gasteiger partial charge in [0.05, 0.1) is 0 Å². The highest BCUT2D eigenvalue weighted by molar-refractivity contribution is 6.30. The average Bonchev–Trinajstić information content (AvgIpc) is 2.62. The van der Waals surface area contributed by atoms with Crippen molar-refractivity contribution in [3.8, 4) is 0 Å². The molecular weight excluding hydrogens is 322 g/mol. The molecule has 24 heavy (non-hydrogen) atoms. The lowest BCUT2D eigenvalue weighted by Gasteiger charge is -2.36. The van der Waals surface area contributed by atoms with E-state index >= 15 is 0 Å². The summed E-state index contributed by atoms with van der Waals surface area (Å²) in [5, 5.41) is 3.78. The topological polar surface area (TPSA) is 35.6 Å². The summed E-state index contributed by atoms with van der Waals surface area (Å²) >= 11 is 6.06. The van der Waals surface area contributed by atoms with Gasteiger partial charge in [-0.1, -0.05) is 42.8 Å². The van der Waals surface area contributed by atoms with Crippen molar-refractivity contribution >= 4 is 29.0 Å². The van der Waals surface area contributed by atoms with E-state index in [9.17, 15) is 4.79 Å². The predicted molar refractivity (Wildman–Crippen MR) is 100 cm³/mol. The number of carbonyl (C=O) groups excluding carboxylic acids is 1. The first-order chi connectivity index (χ1) is 11.7. The smallest absolute Gasteiger partial charge is 0.321 e. The second kappa shape index (κ2) is 7.58. The number of nitrogens with one attached hydrogen (secondary N) is 1. The van der Waals surface area contributed by atoms with Crippen LogP contribution in [-0.2, 0) is 6.42 Å². The van der Waals surface area contributed by atoms with Crippen molar-refractivity contribution in [3.63, 3.8) is 0 Å². The molecule has 0 radical (unpaired) electrons. The molecule has 1 saturated heterocycles. The summed E-state index contributed by atoms with van der Waals surface area (Å²) in [4.78, 5) is 16.6. The van der Waals surface area contributed by atoms with Crippen LogP contribution in [0.4, 0.5) is 16.2 Å². The van der Waals surface area contributed by atoms with Gasteiger partial charge in [-0.3, -0.25) is 0 Å². The molecule has 2 aromatic carbocycles. The van der Waals surface area contributed by atoms with Crippen LogP contribution in [0.1, 0.15) is 12.5 Å². The quantitative estimate of drug-likeness (QED) is 0.904. The Morgan fingerprint density at radius 2 is 1.83 bits per heavy atom. The van der Waals surface area contributed by atoms with Gasteiger partial charge in [0.1, 0.15) is 0 Å². The summed E-state index contributed by atoms with van der Waals surface area (Å²) < 4.78 is 0. The van der Waals surface area contributed by atoms with E-state index in [0.29, 0.717) is 13.1 Å². The molecule has 0 atom stereocenters. The van der Waals surface area contributed by atoms with Crippen LogP contribution in [0.5, 0.6) is 0 Å². The molecule has 126 valence electrons. The number of carbonyl (C=O) groups is 1. The van der Waals surface area contributed by atoms with E-state index in [4.69, 9.17) is 11.6 Å². The zero-order valence-electron chi connectivity index (χ0n) is 13.8. The Kier molecular flexibility index (Phi) is 5.26. The molecule has 0 unspecified atom stereocenters. The first-order valence-corrected chi connectivity index (χ1v) is 8.69. The van der Waals surface area contributed by atoms with Gasteiger partial charge in [-0.05, 0) is 36.2 Å². The molecule has 1 aliphatic heterocycles. The fourth-order valence-corrected chi connectivity index (χ4v) is 3.17. The molecule has 0 aliphatic carbocycles. The Hall–Kier alpha value is -2.20. The third-order valence-electron chi connectivity index (χ3n) is 4.38. The molecule has 1 heterocycles. The van der Waals surface area contributed by atoms with Gasteiger partial charge in [0, 0.05) is 42.6 Å². The third kappa shape index (κ3) is 3.82. The molecule has 3 rings (SSSR count). The lowest BCUT2D eigenvalue weighted by Crippen LogP contribution is -2.50. The Bertz CT molecular complexity index is 711. The number of urea groups is 1. The number of nitrogens with zero attached hydrogens (tertiary/aromatic N) is 2. The van der Waals surface area contributed by atoms with Gasteiger partial charge in [-0.15, -0.1) is 0 Å². The molecule has 0 spiro atoms. The van der Waals surface area contributed by atoms with Gasteiger partial charge >= 0.3 is 6.03 Å². The third-order valence-corrected chi connectivity index (χ3v) is 4.62. The minimum Gasteiger partial charge on any atom is -0.368 e. The summed E-state index contributed by atoms with van der Waals surface area (Å²) in [6.07, 6.45) is 0.902. The minimum atomic E-state index is -0.0263. The van der Waals surface area contributed by atoms with E-state index in [1.165, 1.54) is 0 Å². The van der Waals surface area contributed by atoms with Gasteiger partial charge in [0.15, 0.2) is 0 Å². The monoisotopic (exact) mass is 343 g/mol. The van der Waals surface area contributed by atoms with Crippen molar-refractivity contribution in [2.45, 2.75) is 13.3 Å². The van der Waals surface area contributed by atoms with E-state index in [0.717, 1.165) is 41.5 Å². The lowest BCUT2D eigenvalue weighted by atomic mass is 10.1. The SMILES string of the molecule is CCc1ccccc1NC(=O)N1CCN(c2cccc(Cl)c2)CC1. The molecule has 4 nitrogen and oxygen atoms in total. The van der Waals surface area contributed by atoms with Crippen molar-refractivity contribution < 1.29 is 4.79 Å². The predicted octanol–water partition coefficient (Wildman–Crippen LogP) is 4.26. The van der Waals surface area contributed by atoms with Gasteiger partial charge in [0.2, 0.25) is 0 Å². The molecule has 0 bridgehead atoms. The van der Waals surface area contributed by atoms with Crippen molar-refractivity contribution in [1.29, 1.82) is 0 Å². The molecular formula is C19H22ClN3O. The molecule has 1 N–H and O–H groups in total. The highest BCUT2D eigenvalue weighted by Crippen LogP contribution is 2.21. The molecule has 5 heteroatoms. The summed E-state index contributed by atoms with van der Waals surface area (Å²) in [7, 11) is 0. The molecule has 0 aromatic heterocycles. The Balaban J connectivity index is 1.59. The van der Waals surface area contributed by atoms with E-state index < -0.39 is 0 Å². The molecule has 1 aliphatic rings. The maximum Gasteiger partial charge on any atom is 0.321 e. The van der Waals surface area contributed by atoms with E-state index in [2.05, 4.69) is 23.2 Å². The van der Waals surface area contributed by atoms with Crippen molar-refractivity contribution in [3.05, 3.63) is 59.1 Å². The average molecular weight is 344 g/mol. The second-order valence-corrected chi connectivity index (χ2v) is 6.33. The summed E-state index contributed by atoms with van der Waals surface area (Å²) in [6.45, 7) is 5.11. The molecule has 2 amide bonds. The Morgan fingerprint density at radius 3 is 2.54 bits per heavy atom. The van der Waals surface area contributed by atoms with Crippen LogP contribution in [0, 0.1) is 0 Å². The fourth-order valence-electron chi connectivity index (χ4n) is 2.99. The highest BCUT2D eigenvalue weighted by atomic mass is 35.5. The van der Waals surface area contributed by atoms with Gasteiger partial charge in [-0.2, -0.15) is 0 Å². The van der Waals surface area contributed by atoms with Crippen LogP contribution in [-0.4, -0.2) is 37.1 Å². The van der Waals surface area contributed by atoms with E-state index in [1.54, 1.807) is 0 Å². The fraction of sp³-hybridized carbons (Fsp3) is 0.316. The summed E-state index contributed by atoms with van der Waals surface area (Å²) in [6, 6.07) is 15.8. The standard InChI is InChI=1S/C19H22ClN3O/c1-2-15-6-3-4-9-18(15)21-19(24)23-12-10-22(11-13-23)17-8-5-7-16(20)14-17/h3-9,14H,2,10-13H2,1H3,(H,21,24). The van der Waals surface area contributed by atoms with Crippen LogP contribution in [0.2, 0.25) is 5.02 Å². The van der Waals surface area contributed by atoms with Crippen LogP contribution < -0.4 is 10.2 Å². The zero-order valence-corrected chi connectivity index (χ0v) is 14.6. The minimum absolute atomic E-state index is 0.0263. The first-order valence-electron chi connectivity index (χ1n) is 8.31. The van der Waals surface area contributed by atoms with Gasteiger partial charge in [0.25, 0.3) is 0 Å². The van der Waals surface area contributed by atoms with Gasteiger partial charge in [-0.25, -0.2) is 4.79 Å². The number of piperazine rings is 1. The maximum absolute atomic E-state index is 12.5. The number of anilines is 2. The van der Waals surface area contributed by atoms with Crippen molar-refractivity contribution in [2.24, 2.45) is 0 Å².